The fraction of sp³-hybridized carbons (Fsp3) is 0.233. The summed E-state index contributed by atoms with van der Waals surface area (Å²) in [6.07, 6.45) is 4.14. The van der Waals surface area contributed by atoms with E-state index in [0.29, 0.717) is 16.8 Å². The van der Waals surface area contributed by atoms with Gasteiger partial charge in [-0.1, -0.05) is 53.2 Å². The fourth-order valence-corrected chi connectivity index (χ4v) is 6.01. The minimum atomic E-state index is -0.554. The van der Waals surface area contributed by atoms with Gasteiger partial charge in [0, 0.05) is 11.5 Å². The zero-order chi connectivity index (χ0) is 25.3. The third kappa shape index (κ3) is 3.50. The second-order valence-electron chi connectivity index (χ2n) is 10.0. The molecule has 6 nitrogen and oxygen atoms in total. The molecule has 7 rings (SSSR count). The number of rotatable bonds is 3. The Hall–Kier alpha value is -3.90. The van der Waals surface area contributed by atoms with E-state index in [9.17, 15) is 4.79 Å². The summed E-state index contributed by atoms with van der Waals surface area (Å²) in [6, 6.07) is 18.9. The highest BCUT2D eigenvalue weighted by molar-refractivity contribution is 6.35. The standard InChI is InChI=1S/C30H25ClN4O2/c1-16-20-13-12-18-6-3-4-7-21(18)26(17(2)28-33-30(36)37-34-28)22(20)14-15-24(16)35-25-9-5-8-23(31)27(25)32-29(35)19-10-11-19/h3-9,14-15,19H,10-13H2,1-2H3,(H,33,34,36)/b26-17+. The van der Waals surface area contributed by atoms with Crippen molar-refractivity contribution in [2.24, 2.45) is 0 Å². The van der Waals surface area contributed by atoms with Crippen molar-refractivity contribution in [1.82, 2.24) is 19.7 Å². The molecule has 2 aromatic heterocycles. The molecule has 37 heavy (non-hydrogen) atoms. The van der Waals surface area contributed by atoms with Gasteiger partial charge in [0.05, 0.1) is 16.2 Å². The highest BCUT2D eigenvalue weighted by Gasteiger charge is 2.32. The molecule has 7 heteroatoms. The summed E-state index contributed by atoms with van der Waals surface area (Å²) in [5.74, 6) is 1.46. The van der Waals surface area contributed by atoms with Crippen LogP contribution in [0.1, 0.15) is 65.1 Å². The maximum Gasteiger partial charge on any atom is 0.439 e. The van der Waals surface area contributed by atoms with E-state index in [0.717, 1.165) is 70.5 Å². The summed E-state index contributed by atoms with van der Waals surface area (Å²) in [7, 11) is 0. The highest BCUT2D eigenvalue weighted by Crippen LogP contribution is 2.45. The SMILES string of the molecule is C/C(=C1/c2ccccc2CCc2c1ccc(-n1c(C3CC3)nc3c(Cl)cccc31)c2C)c1noc(=O)[nH]1. The number of halogens is 1. The zero-order valence-electron chi connectivity index (χ0n) is 20.6. The Labute approximate surface area is 218 Å². The van der Waals surface area contributed by atoms with Gasteiger partial charge in [0.15, 0.2) is 5.82 Å². The molecule has 1 N–H and O–H groups in total. The lowest BCUT2D eigenvalue weighted by Crippen LogP contribution is -2.07. The molecular formula is C30H25ClN4O2. The Bertz CT molecular complexity index is 1800. The van der Waals surface area contributed by atoms with E-state index in [1.54, 1.807) is 0 Å². The van der Waals surface area contributed by atoms with Gasteiger partial charge in [-0.05, 0) is 91.1 Å². The van der Waals surface area contributed by atoms with Crippen molar-refractivity contribution in [3.05, 3.63) is 110 Å². The average molecular weight is 509 g/mol. The van der Waals surface area contributed by atoms with Gasteiger partial charge in [-0.3, -0.25) is 14.1 Å². The maximum absolute atomic E-state index is 11.8. The van der Waals surface area contributed by atoms with Gasteiger partial charge in [0.1, 0.15) is 11.3 Å². The number of nitrogens with zero attached hydrogens (tertiary/aromatic N) is 3. The number of allylic oxidation sites excluding steroid dienone is 1. The first-order chi connectivity index (χ1) is 18.0. The van der Waals surface area contributed by atoms with Crippen molar-refractivity contribution in [1.29, 1.82) is 0 Å². The predicted molar refractivity (Wildman–Crippen MR) is 145 cm³/mol. The van der Waals surface area contributed by atoms with Crippen molar-refractivity contribution in [3.8, 4) is 5.69 Å². The van der Waals surface area contributed by atoms with Gasteiger partial charge in [-0.25, -0.2) is 9.78 Å². The fourth-order valence-electron chi connectivity index (χ4n) is 5.80. The first-order valence-electron chi connectivity index (χ1n) is 12.7. The van der Waals surface area contributed by atoms with Crippen LogP contribution in [-0.2, 0) is 12.8 Å². The molecule has 3 aromatic carbocycles. The topological polar surface area (TPSA) is 76.7 Å². The minimum absolute atomic E-state index is 0.454. The summed E-state index contributed by atoms with van der Waals surface area (Å²) in [4.78, 5) is 19.5. The van der Waals surface area contributed by atoms with Crippen LogP contribution in [0.25, 0.3) is 27.9 Å². The number of hydrogen-bond donors (Lipinski definition) is 1. The van der Waals surface area contributed by atoms with Crippen LogP contribution in [0.15, 0.2) is 63.9 Å². The van der Waals surface area contributed by atoms with Gasteiger partial charge in [0.2, 0.25) is 0 Å². The zero-order valence-corrected chi connectivity index (χ0v) is 21.4. The van der Waals surface area contributed by atoms with E-state index in [2.05, 4.69) is 64.1 Å². The summed E-state index contributed by atoms with van der Waals surface area (Å²) in [5, 5.41) is 4.69. The van der Waals surface area contributed by atoms with Crippen LogP contribution in [0.2, 0.25) is 5.02 Å². The quantitative estimate of drug-likeness (QED) is 0.297. The van der Waals surface area contributed by atoms with E-state index < -0.39 is 5.76 Å². The Morgan fingerprint density at radius 3 is 2.68 bits per heavy atom. The van der Waals surface area contributed by atoms with Gasteiger partial charge in [0.25, 0.3) is 0 Å². The molecule has 0 unspecified atom stereocenters. The number of H-pyrrole nitrogens is 1. The summed E-state index contributed by atoms with van der Waals surface area (Å²) in [6.45, 7) is 4.21. The smallest absolute Gasteiger partial charge is 0.296 e. The summed E-state index contributed by atoms with van der Waals surface area (Å²) in [5.41, 5.74) is 11.1. The monoisotopic (exact) mass is 508 g/mol. The van der Waals surface area contributed by atoms with Crippen LogP contribution < -0.4 is 5.76 Å². The summed E-state index contributed by atoms with van der Waals surface area (Å²) < 4.78 is 7.17. The second kappa shape index (κ2) is 8.32. The first-order valence-corrected chi connectivity index (χ1v) is 13.0. The van der Waals surface area contributed by atoms with Crippen molar-refractivity contribution in [3.63, 3.8) is 0 Å². The van der Waals surface area contributed by atoms with E-state index in [1.165, 1.54) is 16.7 Å². The van der Waals surface area contributed by atoms with Crippen molar-refractivity contribution >= 4 is 33.8 Å². The Balaban J connectivity index is 1.50. The molecule has 5 aromatic rings. The number of imidazole rings is 1. The van der Waals surface area contributed by atoms with Crippen LogP contribution >= 0.6 is 11.6 Å². The lowest BCUT2D eigenvalue weighted by Gasteiger charge is -2.20. The number of benzene rings is 3. The number of fused-ring (bicyclic) bond motifs is 3. The third-order valence-electron chi connectivity index (χ3n) is 7.79. The number of hydrogen-bond acceptors (Lipinski definition) is 4. The highest BCUT2D eigenvalue weighted by atomic mass is 35.5. The molecule has 0 bridgehead atoms. The van der Waals surface area contributed by atoms with Gasteiger partial charge in [-0.15, -0.1) is 0 Å². The number of aromatic amines is 1. The van der Waals surface area contributed by atoms with Crippen LogP contribution in [0.5, 0.6) is 0 Å². The van der Waals surface area contributed by atoms with E-state index in [1.807, 2.05) is 19.1 Å². The van der Waals surface area contributed by atoms with Crippen LogP contribution in [0.4, 0.5) is 0 Å². The van der Waals surface area contributed by atoms with Crippen LogP contribution in [0.3, 0.4) is 0 Å². The number of aryl methyl sites for hydroxylation is 1. The number of aromatic nitrogens is 4. The Morgan fingerprint density at radius 2 is 1.89 bits per heavy atom. The van der Waals surface area contributed by atoms with E-state index in [4.69, 9.17) is 21.1 Å². The largest absolute Gasteiger partial charge is 0.439 e. The minimum Gasteiger partial charge on any atom is -0.296 e. The molecule has 2 heterocycles. The lowest BCUT2D eigenvalue weighted by atomic mass is 9.88. The number of nitrogens with one attached hydrogen (secondary N) is 1. The maximum atomic E-state index is 11.8. The Morgan fingerprint density at radius 1 is 1.05 bits per heavy atom. The molecule has 184 valence electrons. The molecule has 1 saturated carbocycles. The average Bonchev–Trinajstić information content (AvgIpc) is 3.57. The van der Waals surface area contributed by atoms with Crippen molar-refractivity contribution in [2.45, 2.75) is 45.4 Å². The van der Waals surface area contributed by atoms with E-state index >= 15 is 0 Å². The second-order valence-corrected chi connectivity index (χ2v) is 10.4. The molecule has 0 spiro atoms. The van der Waals surface area contributed by atoms with Crippen LogP contribution in [0, 0.1) is 6.92 Å². The lowest BCUT2D eigenvalue weighted by molar-refractivity contribution is 0.385. The molecular weight excluding hydrogens is 484 g/mol. The molecule has 2 aliphatic rings. The van der Waals surface area contributed by atoms with Crippen molar-refractivity contribution < 1.29 is 4.52 Å². The molecule has 2 aliphatic carbocycles. The summed E-state index contributed by atoms with van der Waals surface area (Å²) >= 11 is 6.58. The van der Waals surface area contributed by atoms with Crippen molar-refractivity contribution in [2.75, 3.05) is 0 Å². The third-order valence-corrected chi connectivity index (χ3v) is 8.09. The molecule has 0 radical (unpaired) electrons. The number of para-hydroxylation sites is 1. The first kappa shape index (κ1) is 22.3. The van der Waals surface area contributed by atoms with Gasteiger partial charge in [-0.2, -0.15) is 0 Å². The molecule has 1 fully saturated rings. The van der Waals surface area contributed by atoms with E-state index in [-0.39, 0.29) is 0 Å². The van der Waals surface area contributed by atoms with Gasteiger partial charge >= 0.3 is 5.76 Å². The molecule has 0 aliphatic heterocycles. The van der Waals surface area contributed by atoms with Gasteiger partial charge < -0.3 is 0 Å². The predicted octanol–water partition coefficient (Wildman–Crippen LogP) is 6.62. The normalized spacial score (nSPS) is 16.4. The molecule has 0 amide bonds. The molecule has 0 atom stereocenters. The molecule has 0 saturated heterocycles. The van der Waals surface area contributed by atoms with Crippen LogP contribution in [-0.4, -0.2) is 19.7 Å². The Kier molecular flexibility index (Phi) is 5.01.